The summed E-state index contributed by atoms with van der Waals surface area (Å²) in [6, 6.07) is 7.08. The molecule has 0 saturated heterocycles. The van der Waals surface area contributed by atoms with E-state index in [4.69, 9.17) is 9.47 Å². The summed E-state index contributed by atoms with van der Waals surface area (Å²) in [7, 11) is 0. The van der Waals surface area contributed by atoms with Crippen molar-refractivity contribution in [3.63, 3.8) is 0 Å². The van der Waals surface area contributed by atoms with Gasteiger partial charge < -0.3 is 14.8 Å². The molecule has 0 aliphatic heterocycles. The number of ether oxygens (including phenoxy) is 2. The number of nitrogens with zero attached hydrogens (tertiary/aromatic N) is 1. The molecule has 0 aromatic heterocycles. The lowest BCUT2D eigenvalue weighted by Gasteiger charge is -2.27. The predicted molar refractivity (Wildman–Crippen MR) is 81.3 cm³/mol. The smallest absolute Gasteiger partial charge is 0.256 e. The number of carbonyl (C=O) groups excluding carboxylic acids is 1. The van der Waals surface area contributed by atoms with E-state index in [1.807, 2.05) is 20.8 Å². The summed E-state index contributed by atoms with van der Waals surface area (Å²) in [5.74, 6) is 0.350. The first-order valence-corrected chi connectivity index (χ1v) is 7.13. The molecular formula is C16H22N2O3. The summed E-state index contributed by atoms with van der Waals surface area (Å²) in [5, 5.41) is 12.0. The molecule has 21 heavy (non-hydrogen) atoms. The van der Waals surface area contributed by atoms with Crippen LogP contribution in [-0.4, -0.2) is 24.7 Å². The summed E-state index contributed by atoms with van der Waals surface area (Å²) < 4.78 is 10.9. The van der Waals surface area contributed by atoms with Gasteiger partial charge in [-0.05, 0) is 45.4 Å². The number of nitriles is 1. The van der Waals surface area contributed by atoms with Crippen molar-refractivity contribution >= 4 is 11.6 Å². The van der Waals surface area contributed by atoms with E-state index in [2.05, 4.69) is 11.4 Å². The van der Waals surface area contributed by atoms with Crippen LogP contribution in [0.25, 0.3) is 0 Å². The quantitative estimate of drug-likeness (QED) is 0.837. The van der Waals surface area contributed by atoms with Gasteiger partial charge in [0.15, 0.2) is 0 Å². The fourth-order valence-electron chi connectivity index (χ4n) is 1.88. The van der Waals surface area contributed by atoms with Gasteiger partial charge in [0.1, 0.15) is 17.4 Å². The molecule has 5 heteroatoms. The highest BCUT2D eigenvalue weighted by atomic mass is 16.5. The number of hydrogen-bond acceptors (Lipinski definition) is 4. The van der Waals surface area contributed by atoms with Gasteiger partial charge in [0.2, 0.25) is 0 Å². The first kappa shape index (κ1) is 17.0. The Morgan fingerprint density at radius 3 is 2.57 bits per heavy atom. The summed E-state index contributed by atoms with van der Waals surface area (Å²) in [6.45, 7) is 8.32. The number of carbonyl (C=O) groups is 1. The molecule has 0 radical (unpaired) electrons. The van der Waals surface area contributed by atoms with Crippen LogP contribution in [0, 0.1) is 11.3 Å². The van der Waals surface area contributed by atoms with Crippen molar-refractivity contribution in [1.29, 1.82) is 5.26 Å². The second kappa shape index (κ2) is 7.65. The van der Waals surface area contributed by atoms with Crippen LogP contribution in [0.4, 0.5) is 5.69 Å². The van der Waals surface area contributed by atoms with Crippen molar-refractivity contribution in [2.24, 2.45) is 0 Å². The third kappa shape index (κ3) is 4.20. The minimum atomic E-state index is -0.903. The fraction of sp³-hybridized carbons (Fsp3) is 0.500. The molecule has 0 fully saturated rings. The van der Waals surface area contributed by atoms with E-state index < -0.39 is 5.60 Å². The van der Waals surface area contributed by atoms with E-state index in [-0.39, 0.29) is 5.91 Å². The predicted octanol–water partition coefficient (Wildman–Crippen LogP) is 3.10. The summed E-state index contributed by atoms with van der Waals surface area (Å²) in [6.07, 6.45) is 0.547. The molecule has 0 aliphatic carbocycles. The number of rotatable bonds is 7. The average molecular weight is 290 g/mol. The third-order valence-electron chi connectivity index (χ3n) is 3.29. The van der Waals surface area contributed by atoms with E-state index in [0.717, 1.165) is 0 Å². The van der Waals surface area contributed by atoms with E-state index in [0.29, 0.717) is 36.6 Å². The number of nitrogens with one attached hydrogen (secondary N) is 1. The molecule has 0 heterocycles. The van der Waals surface area contributed by atoms with Crippen LogP contribution in [0.3, 0.4) is 0 Å². The zero-order chi connectivity index (χ0) is 15.9. The van der Waals surface area contributed by atoms with Gasteiger partial charge in [-0.3, -0.25) is 4.79 Å². The van der Waals surface area contributed by atoms with Crippen molar-refractivity contribution in [1.82, 2.24) is 0 Å². The summed E-state index contributed by atoms with van der Waals surface area (Å²) in [4.78, 5) is 12.4. The zero-order valence-electron chi connectivity index (χ0n) is 13.0. The van der Waals surface area contributed by atoms with Crippen LogP contribution >= 0.6 is 0 Å². The molecule has 0 spiro atoms. The minimum Gasteiger partial charge on any atom is -0.494 e. The van der Waals surface area contributed by atoms with Crippen LogP contribution in [-0.2, 0) is 9.53 Å². The van der Waals surface area contributed by atoms with Crippen LogP contribution in [0.1, 0.15) is 39.7 Å². The van der Waals surface area contributed by atoms with Crippen LogP contribution in [0.2, 0.25) is 0 Å². The maximum absolute atomic E-state index is 12.4. The van der Waals surface area contributed by atoms with E-state index in [1.54, 1.807) is 25.1 Å². The summed E-state index contributed by atoms with van der Waals surface area (Å²) >= 11 is 0. The highest BCUT2D eigenvalue weighted by Crippen LogP contribution is 2.24. The Kier molecular flexibility index (Phi) is 6.19. The van der Waals surface area contributed by atoms with Crippen LogP contribution in [0.5, 0.6) is 5.75 Å². The van der Waals surface area contributed by atoms with E-state index >= 15 is 0 Å². The Labute approximate surface area is 125 Å². The molecule has 1 aromatic carbocycles. The molecule has 0 unspecified atom stereocenters. The van der Waals surface area contributed by atoms with Gasteiger partial charge in [0, 0.05) is 6.61 Å². The van der Waals surface area contributed by atoms with Crippen molar-refractivity contribution < 1.29 is 14.3 Å². The average Bonchev–Trinajstić information content (AvgIpc) is 2.49. The molecule has 1 rings (SSSR count). The Balaban J connectivity index is 2.97. The zero-order valence-corrected chi connectivity index (χ0v) is 13.0. The Morgan fingerprint density at radius 2 is 2.05 bits per heavy atom. The number of amides is 1. The Bertz CT molecular complexity index is 537. The normalized spacial score (nSPS) is 13.1. The van der Waals surface area contributed by atoms with Crippen molar-refractivity contribution in [2.75, 3.05) is 18.5 Å². The van der Waals surface area contributed by atoms with Crippen molar-refractivity contribution in [2.45, 2.75) is 39.7 Å². The van der Waals surface area contributed by atoms with Crippen molar-refractivity contribution in [3.8, 4) is 11.8 Å². The molecule has 0 aliphatic rings. The molecule has 0 saturated carbocycles. The van der Waals surface area contributed by atoms with Gasteiger partial charge in [0.05, 0.1) is 17.9 Å². The second-order valence-corrected chi connectivity index (χ2v) is 4.72. The largest absolute Gasteiger partial charge is 0.494 e. The molecule has 1 aromatic rings. The topological polar surface area (TPSA) is 71.3 Å². The van der Waals surface area contributed by atoms with Gasteiger partial charge in [-0.2, -0.15) is 5.26 Å². The molecule has 1 amide bonds. The molecule has 0 bridgehead atoms. The summed E-state index contributed by atoms with van der Waals surface area (Å²) in [5.41, 5.74) is -0.0744. The minimum absolute atomic E-state index is 0.257. The molecule has 1 N–H and O–H groups in total. The van der Waals surface area contributed by atoms with Gasteiger partial charge in [-0.25, -0.2) is 0 Å². The van der Waals surface area contributed by atoms with Crippen molar-refractivity contribution in [3.05, 3.63) is 23.8 Å². The highest BCUT2D eigenvalue weighted by Gasteiger charge is 2.32. The number of hydrogen-bond donors (Lipinski definition) is 1. The lowest BCUT2D eigenvalue weighted by Crippen LogP contribution is -2.42. The number of benzene rings is 1. The van der Waals surface area contributed by atoms with E-state index in [1.165, 1.54) is 0 Å². The van der Waals surface area contributed by atoms with Crippen LogP contribution < -0.4 is 10.1 Å². The van der Waals surface area contributed by atoms with Crippen LogP contribution in [0.15, 0.2) is 18.2 Å². The standard InChI is InChI=1S/C16H22N2O3/c1-5-16(4,21-7-3)15(19)18-14-9-8-13(20-6-2)10-12(14)11-17/h8-10H,5-7H2,1-4H3,(H,18,19)/t16-/m1/s1. The molecular weight excluding hydrogens is 268 g/mol. The third-order valence-corrected chi connectivity index (χ3v) is 3.29. The molecule has 114 valence electrons. The lowest BCUT2D eigenvalue weighted by molar-refractivity contribution is -0.139. The molecule has 1 atom stereocenters. The van der Waals surface area contributed by atoms with Gasteiger partial charge in [-0.1, -0.05) is 6.92 Å². The molecule has 5 nitrogen and oxygen atoms in total. The monoisotopic (exact) mass is 290 g/mol. The maximum Gasteiger partial charge on any atom is 0.256 e. The Morgan fingerprint density at radius 1 is 1.33 bits per heavy atom. The van der Waals surface area contributed by atoms with Gasteiger partial charge in [-0.15, -0.1) is 0 Å². The first-order valence-electron chi connectivity index (χ1n) is 7.13. The highest BCUT2D eigenvalue weighted by molar-refractivity contribution is 5.98. The lowest BCUT2D eigenvalue weighted by atomic mass is 10.0. The SMILES string of the molecule is CCOc1ccc(NC(=O)[C@@](C)(CC)OCC)c(C#N)c1. The first-order chi connectivity index (χ1) is 10.0. The fourth-order valence-corrected chi connectivity index (χ4v) is 1.88. The second-order valence-electron chi connectivity index (χ2n) is 4.72. The maximum atomic E-state index is 12.4. The Hall–Kier alpha value is -2.06. The number of anilines is 1. The van der Waals surface area contributed by atoms with Gasteiger partial charge >= 0.3 is 0 Å². The van der Waals surface area contributed by atoms with E-state index in [9.17, 15) is 10.1 Å². The van der Waals surface area contributed by atoms with Gasteiger partial charge in [0.25, 0.3) is 5.91 Å².